The molecule has 3 rings (SSSR count). The molecule has 8 heteroatoms. The second kappa shape index (κ2) is 7.50. The number of rotatable bonds is 4. The van der Waals surface area contributed by atoms with Crippen LogP contribution in [0.4, 0.5) is 4.79 Å². The highest BCUT2D eigenvalue weighted by atomic mass is 16.5. The van der Waals surface area contributed by atoms with E-state index in [1.807, 2.05) is 29.5 Å². The average molecular weight is 344 g/mol. The fourth-order valence-corrected chi connectivity index (χ4v) is 3.28. The molecule has 0 bridgehead atoms. The second-order valence-corrected chi connectivity index (χ2v) is 6.35. The SMILES string of the molecule is COc1cnccc1[C@@H](C)NC(=O)N1CCC(c2nncn2C)CC1. The van der Waals surface area contributed by atoms with E-state index in [2.05, 4.69) is 20.5 Å². The number of carbonyl (C=O) groups excluding carboxylic acids is 1. The summed E-state index contributed by atoms with van der Waals surface area (Å²) in [6.07, 6.45) is 6.87. The molecule has 1 atom stereocenters. The van der Waals surface area contributed by atoms with Crippen molar-refractivity contribution in [2.24, 2.45) is 7.05 Å². The van der Waals surface area contributed by atoms with E-state index in [1.165, 1.54) is 0 Å². The van der Waals surface area contributed by atoms with Gasteiger partial charge in [-0.15, -0.1) is 10.2 Å². The molecular formula is C17H24N6O2. The Morgan fingerprint density at radius 2 is 2.16 bits per heavy atom. The van der Waals surface area contributed by atoms with Crippen LogP contribution in [0, 0.1) is 0 Å². The van der Waals surface area contributed by atoms with Gasteiger partial charge in [-0.05, 0) is 25.8 Å². The number of likely N-dealkylation sites (tertiary alicyclic amines) is 1. The molecule has 2 aromatic rings. The molecule has 1 saturated heterocycles. The van der Waals surface area contributed by atoms with E-state index in [1.54, 1.807) is 25.8 Å². The number of hydrogen-bond donors (Lipinski definition) is 1. The number of nitrogens with one attached hydrogen (secondary N) is 1. The summed E-state index contributed by atoms with van der Waals surface area (Å²) in [5.74, 6) is 2.03. The highest BCUT2D eigenvalue weighted by molar-refractivity contribution is 5.75. The summed E-state index contributed by atoms with van der Waals surface area (Å²) in [6.45, 7) is 3.37. The van der Waals surface area contributed by atoms with Gasteiger partial charge in [0.05, 0.1) is 19.3 Å². The molecule has 25 heavy (non-hydrogen) atoms. The predicted molar refractivity (Wildman–Crippen MR) is 92.3 cm³/mol. The van der Waals surface area contributed by atoms with Gasteiger partial charge in [-0.1, -0.05) is 0 Å². The Labute approximate surface area is 147 Å². The van der Waals surface area contributed by atoms with Crippen molar-refractivity contribution in [3.8, 4) is 5.75 Å². The van der Waals surface area contributed by atoms with E-state index in [9.17, 15) is 4.79 Å². The maximum absolute atomic E-state index is 12.6. The van der Waals surface area contributed by atoms with Gasteiger partial charge in [0.15, 0.2) is 0 Å². The molecule has 0 radical (unpaired) electrons. The third-order valence-corrected chi connectivity index (χ3v) is 4.74. The number of hydrogen-bond acceptors (Lipinski definition) is 5. The van der Waals surface area contributed by atoms with E-state index in [4.69, 9.17) is 4.74 Å². The zero-order chi connectivity index (χ0) is 17.8. The van der Waals surface area contributed by atoms with Crippen LogP contribution in [0.1, 0.15) is 43.1 Å². The lowest BCUT2D eigenvalue weighted by Crippen LogP contribution is -2.45. The fourth-order valence-electron chi connectivity index (χ4n) is 3.28. The molecule has 2 amide bonds. The Morgan fingerprint density at radius 3 is 2.80 bits per heavy atom. The first kappa shape index (κ1) is 17.2. The summed E-state index contributed by atoms with van der Waals surface area (Å²) in [4.78, 5) is 18.5. The van der Waals surface area contributed by atoms with Gasteiger partial charge in [0.2, 0.25) is 0 Å². The van der Waals surface area contributed by atoms with Gasteiger partial charge < -0.3 is 19.5 Å². The predicted octanol–water partition coefficient (Wildman–Crippen LogP) is 1.87. The fraction of sp³-hybridized carbons (Fsp3) is 0.529. The maximum atomic E-state index is 12.6. The van der Waals surface area contributed by atoms with Crippen molar-refractivity contribution in [2.75, 3.05) is 20.2 Å². The normalized spacial score (nSPS) is 16.5. The van der Waals surface area contributed by atoms with Crippen molar-refractivity contribution < 1.29 is 9.53 Å². The number of nitrogens with zero attached hydrogens (tertiary/aromatic N) is 5. The molecule has 1 N–H and O–H groups in total. The van der Waals surface area contributed by atoms with Crippen molar-refractivity contribution in [1.29, 1.82) is 0 Å². The molecule has 0 spiro atoms. The zero-order valence-electron chi connectivity index (χ0n) is 14.8. The average Bonchev–Trinajstić information content (AvgIpc) is 3.07. The second-order valence-electron chi connectivity index (χ2n) is 6.35. The topological polar surface area (TPSA) is 85.2 Å². The molecule has 0 saturated carbocycles. The quantitative estimate of drug-likeness (QED) is 0.915. The number of piperidine rings is 1. The van der Waals surface area contributed by atoms with Gasteiger partial charge in [0.1, 0.15) is 17.9 Å². The van der Waals surface area contributed by atoms with Crippen LogP contribution in [-0.4, -0.2) is 50.9 Å². The van der Waals surface area contributed by atoms with E-state index in [-0.39, 0.29) is 12.1 Å². The lowest BCUT2D eigenvalue weighted by atomic mass is 9.96. The van der Waals surface area contributed by atoms with Crippen molar-refractivity contribution in [2.45, 2.75) is 31.7 Å². The van der Waals surface area contributed by atoms with Gasteiger partial charge in [-0.2, -0.15) is 0 Å². The number of aromatic nitrogens is 4. The van der Waals surface area contributed by atoms with Crippen LogP contribution in [0.3, 0.4) is 0 Å². The van der Waals surface area contributed by atoms with Crippen LogP contribution in [0.25, 0.3) is 0 Å². The van der Waals surface area contributed by atoms with E-state index < -0.39 is 0 Å². The highest BCUT2D eigenvalue weighted by Crippen LogP contribution is 2.27. The molecule has 1 fully saturated rings. The lowest BCUT2D eigenvalue weighted by molar-refractivity contribution is 0.177. The number of carbonyl (C=O) groups is 1. The van der Waals surface area contributed by atoms with Crippen LogP contribution in [0.15, 0.2) is 24.8 Å². The van der Waals surface area contributed by atoms with Crippen LogP contribution in [0.5, 0.6) is 5.75 Å². The molecule has 3 heterocycles. The maximum Gasteiger partial charge on any atom is 0.317 e. The third kappa shape index (κ3) is 3.72. The van der Waals surface area contributed by atoms with Crippen LogP contribution in [-0.2, 0) is 7.05 Å². The van der Waals surface area contributed by atoms with Crippen molar-refractivity contribution in [1.82, 2.24) is 30.0 Å². The van der Waals surface area contributed by atoms with Crippen molar-refractivity contribution in [3.05, 3.63) is 36.2 Å². The lowest BCUT2D eigenvalue weighted by Gasteiger charge is -2.32. The molecule has 1 aliphatic rings. The van der Waals surface area contributed by atoms with Gasteiger partial charge in [-0.3, -0.25) is 4.98 Å². The Morgan fingerprint density at radius 1 is 1.40 bits per heavy atom. The Kier molecular flexibility index (Phi) is 5.16. The summed E-state index contributed by atoms with van der Waals surface area (Å²) in [5, 5.41) is 11.2. The molecular weight excluding hydrogens is 320 g/mol. The minimum Gasteiger partial charge on any atom is -0.495 e. The Bertz CT molecular complexity index is 723. The summed E-state index contributed by atoms with van der Waals surface area (Å²) in [7, 11) is 3.56. The molecule has 0 aromatic carbocycles. The van der Waals surface area contributed by atoms with Gasteiger partial charge in [0, 0.05) is 37.8 Å². The number of urea groups is 1. The molecule has 2 aromatic heterocycles. The number of methoxy groups -OCH3 is 1. The molecule has 8 nitrogen and oxygen atoms in total. The van der Waals surface area contributed by atoms with Crippen LogP contribution < -0.4 is 10.1 Å². The first-order valence-corrected chi connectivity index (χ1v) is 8.47. The number of ether oxygens (including phenoxy) is 1. The first-order chi connectivity index (χ1) is 12.1. The number of pyridine rings is 1. The smallest absolute Gasteiger partial charge is 0.317 e. The Balaban J connectivity index is 1.57. The molecule has 0 unspecified atom stereocenters. The molecule has 134 valence electrons. The van der Waals surface area contributed by atoms with Gasteiger partial charge in [0.25, 0.3) is 0 Å². The van der Waals surface area contributed by atoms with Crippen LogP contribution in [0.2, 0.25) is 0 Å². The Hall–Kier alpha value is -2.64. The summed E-state index contributed by atoms with van der Waals surface area (Å²) in [6, 6.07) is 1.66. The summed E-state index contributed by atoms with van der Waals surface area (Å²) < 4.78 is 7.27. The largest absolute Gasteiger partial charge is 0.495 e. The molecule has 0 aliphatic carbocycles. The minimum absolute atomic E-state index is 0.0530. The summed E-state index contributed by atoms with van der Waals surface area (Å²) >= 11 is 0. The van der Waals surface area contributed by atoms with Crippen LogP contribution >= 0.6 is 0 Å². The number of aryl methyl sites for hydroxylation is 1. The van der Waals surface area contributed by atoms with E-state index >= 15 is 0 Å². The first-order valence-electron chi connectivity index (χ1n) is 8.47. The zero-order valence-corrected chi connectivity index (χ0v) is 14.8. The molecule has 1 aliphatic heterocycles. The standard InChI is InChI=1S/C17H24N6O2/c1-12(14-4-7-18-10-15(14)25-3)20-17(24)23-8-5-13(6-9-23)16-21-19-11-22(16)2/h4,7,10-13H,5-6,8-9H2,1-3H3,(H,20,24)/t12-/m1/s1. The monoisotopic (exact) mass is 344 g/mol. The highest BCUT2D eigenvalue weighted by Gasteiger charge is 2.27. The minimum atomic E-state index is -0.151. The number of amides is 2. The summed E-state index contributed by atoms with van der Waals surface area (Å²) in [5.41, 5.74) is 0.917. The van der Waals surface area contributed by atoms with Crippen molar-refractivity contribution in [3.63, 3.8) is 0 Å². The third-order valence-electron chi connectivity index (χ3n) is 4.74. The van der Waals surface area contributed by atoms with Crippen molar-refractivity contribution >= 4 is 6.03 Å². The van der Waals surface area contributed by atoms with E-state index in [0.29, 0.717) is 24.8 Å². The van der Waals surface area contributed by atoms with Gasteiger partial charge >= 0.3 is 6.03 Å². The van der Waals surface area contributed by atoms with Gasteiger partial charge in [-0.25, -0.2) is 4.79 Å². The van der Waals surface area contributed by atoms with E-state index in [0.717, 1.165) is 24.2 Å².